The number of carbonyl (C=O) groups is 1. The molecule has 0 saturated carbocycles. The van der Waals surface area contributed by atoms with Gasteiger partial charge in [0.1, 0.15) is 9.21 Å². The molecular weight excluding hydrogens is 370 g/mol. The lowest BCUT2D eigenvalue weighted by atomic mass is 10.3. The molecule has 0 bridgehead atoms. The van der Waals surface area contributed by atoms with Crippen molar-refractivity contribution in [2.75, 3.05) is 11.1 Å². The van der Waals surface area contributed by atoms with Crippen molar-refractivity contribution in [3.8, 4) is 0 Å². The summed E-state index contributed by atoms with van der Waals surface area (Å²) >= 11 is 8.03. The van der Waals surface area contributed by atoms with Gasteiger partial charge in [0, 0.05) is 4.75 Å². The predicted molar refractivity (Wildman–Crippen MR) is 78.3 cm³/mol. The van der Waals surface area contributed by atoms with Crippen LogP contribution in [0.1, 0.15) is 20.8 Å². The highest BCUT2D eigenvalue weighted by molar-refractivity contribution is 9.11. The predicted octanol–water partition coefficient (Wildman–Crippen LogP) is 3.47. The Morgan fingerprint density at radius 1 is 1.47 bits per heavy atom. The van der Waals surface area contributed by atoms with E-state index in [0.29, 0.717) is 20.8 Å². The Balaban J connectivity index is 2.57. The molecule has 0 aromatic carbocycles. The van der Waals surface area contributed by atoms with Gasteiger partial charge in [-0.05, 0) is 31.9 Å². The lowest BCUT2D eigenvalue weighted by molar-refractivity contribution is -0.113. The minimum Gasteiger partial charge on any atom is -0.308 e. The molecule has 0 atom stereocenters. The first-order valence-electron chi connectivity index (χ1n) is 4.90. The van der Waals surface area contributed by atoms with E-state index in [9.17, 15) is 4.79 Å². The molecule has 17 heavy (non-hydrogen) atoms. The summed E-state index contributed by atoms with van der Waals surface area (Å²) in [7, 11) is 0. The first-order chi connectivity index (χ1) is 7.78. The van der Waals surface area contributed by atoms with Crippen LogP contribution in [0.2, 0.25) is 0 Å². The van der Waals surface area contributed by atoms with Crippen LogP contribution in [0, 0.1) is 0 Å². The molecule has 7 heteroatoms. The number of hydrogen-bond donors (Lipinski definition) is 1. The lowest BCUT2D eigenvalue weighted by Crippen LogP contribution is -2.19. The number of amides is 1. The normalized spacial score (nSPS) is 11.4. The molecule has 0 aliphatic carbocycles. The summed E-state index contributed by atoms with van der Waals surface area (Å²) < 4.78 is 1.20. The van der Waals surface area contributed by atoms with Crippen LogP contribution in [0.5, 0.6) is 0 Å². The van der Waals surface area contributed by atoms with Crippen LogP contribution >= 0.6 is 43.6 Å². The van der Waals surface area contributed by atoms with E-state index in [-0.39, 0.29) is 10.7 Å². The number of nitrogens with one attached hydrogen (secondary N) is 1. The van der Waals surface area contributed by atoms with E-state index < -0.39 is 0 Å². The van der Waals surface area contributed by atoms with E-state index in [0.717, 1.165) is 0 Å². The van der Waals surface area contributed by atoms with Gasteiger partial charge in [-0.2, -0.15) is 0 Å². The maximum Gasteiger partial charge on any atom is 0.235 e. The monoisotopic (exact) mass is 381 g/mol. The zero-order valence-corrected chi connectivity index (χ0v) is 13.7. The molecule has 4 nitrogen and oxygen atoms in total. The van der Waals surface area contributed by atoms with Gasteiger partial charge in [0.2, 0.25) is 5.91 Å². The third-order valence-electron chi connectivity index (χ3n) is 1.59. The number of rotatable bonds is 3. The molecule has 1 amide bonds. The van der Waals surface area contributed by atoms with Crippen molar-refractivity contribution >= 4 is 55.3 Å². The van der Waals surface area contributed by atoms with Crippen molar-refractivity contribution in [3.05, 3.63) is 15.4 Å². The van der Waals surface area contributed by atoms with E-state index >= 15 is 0 Å². The van der Waals surface area contributed by atoms with Crippen LogP contribution in [0.25, 0.3) is 0 Å². The quantitative estimate of drug-likeness (QED) is 0.869. The minimum atomic E-state index is -0.0813. The first kappa shape index (κ1) is 14.9. The highest BCUT2D eigenvalue weighted by atomic mass is 79.9. The van der Waals surface area contributed by atoms with Crippen molar-refractivity contribution in [2.24, 2.45) is 0 Å². The average Bonchev–Trinajstić information content (AvgIpc) is 2.18. The van der Waals surface area contributed by atoms with Crippen molar-refractivity contribution in [2.45, 2.75) is 25.5 Å². The smallest absolute Gasteiger partial charge is 0.235 e. The highest BCUT2D eigenvalue weighted by Crippen LogP contribution is 2.24. The fourth-order valence-corrected chi connectivity index (χ4v) is 2.43. The molecule has 1 aromatic heterocycles. The highest BCUT2D eigenvalue weighted by Gasteiger charge is 2.14. The number of carbonyl (C=O) groups excluding carboxylic acids is 1. The Morgan fingerprint density at radius 3 is 2.65 bits per heavy atom. The van der Waals surface area contributed by atoms with E-state index in [1.165, 1.54) is 6.20 Å². The summed E-state index contributed by atoms with van der Waals surface area (Å²) in [6, 6.07) is 0. The Bertz CT molecular complexity index is 421. The number of halogens is 2. The van der Waals surface area contributed by atoms with Gasteiger partial charge in [0.05, 0.1) is 11.9 Å². The molecule has 0 fully saturated rings. The number of hydrogen-bond acceptors (Lipinski definition) is 4. The molecule has 0 radical (unpaired) electrons. The third-order valence-corrected chi connectivity index (χ3v) is 3.80. The van der Waals surface area contributed by atoms with Crippen molar-refractivity contribution in [1.82, 2.24) is 9.97 Å². The molecule has 1 rings (SSSR count). The van der Waals surface area contributed by atoms with Gasteiger partial charge in [-0.25, -0.2) is 9.97 Å². The Morgan fingerprint density at radius 2 is 2.12 bits per heavy atom. The Labute approximate surface area is 122 Å². The van der Waals surface area contributed by atoms with E-state index in [1.807, 2.05) is 0 Å². The first-order valence-corrected chi connectivity index (χ1v) is 7.47. The van der Waals surface area contributed by atoms with E-state index in [1.54, 1.807) is 11.8 Å². The van der Waals surface area contributed by atoms with Crippen molar-refractivity contribution in [1.29, 1.82) is 0 Å². The number of anilines is 1. The number of nitrogens with zero attached hydrogens (tertiary/aromatic N) is 2. The Hall–Kier alpha value is -0.140. The van der Waals surface area contributed by atoms with Gasteiger partial charge in [0.25, 0.3) is 0 Å². The second kappa shape index (κ2) is 6.15. The molecule has 0 aliphatic heterocycles. The van der Waals surface area contributed by atoms with Crippen LogP contribution in [0.3, 0.4) is 0 Å². The summed E-state index contributed by atoms with van der Waals surface area (Å²) in [6.45, 7) is 6.21. The van der Waals surface area contributed by atoms with Gasteiger partial charge in [0.15, 0.2) is 5.82 Å². The summed E-state index contributed by atoms with van der Waals surface area (Å²) in [5, 5.41) is 2.71. The molecule has 1 heterocycles. The SMILES string of the molecule is CC(C)(C)SCC(=O)Nc1ncc(Br)nc1Br. The second-order valence-electron chi connectivity index (χ2n) is 4.28. The van der Waals surface area contributed by atoms with Crippen LogP contribution < -0.4 is 5.32 Å². The second-order valence-corrected chi connectivity index (χ2v) is 7.65. The zero-order valence-electron chi connectivity index (χ0n) is 9.75. The van der Waals surface area contributed by atoms with Gasteiger partial charge in [-0.1, -0.05) is 20.8 Å². The largest absolute Gasteiger partial charge is 0.308 e. The van der Waals surface area contributed by atoms with Crippen molar-refractivity contribution in [3.63, 3.8) is 0 Å². The topological polar surface area (TPSA) is 54.9 Å². The minimum absolute atomic E-state index is 0.0694. The fourth-order valence-electron chi connectivity index (χ4n) is 0.881. The maximum atomic E-state index is 11.7. The standard InChI is InChI=1S/C10H13Br2N3OS/c1-10(2,3)17-5-7(16)15-9-8(12)14-6(11)4-13-9/h4H,5H2,1-3H3,(H,13,15,16). The average molecular weight is 383 g/mol. The van der Waals surface area contributed by atoms with Crippen molar-refractivity contribution < 1.29 is 4.79 Å². The summed E-state index contributed by atoms with van der Waals surface area (Å²) in [6.07, 6.45) is 1.54. The van der Waals surface area contributed by atoms with Crippen LogP contribution in [0.4, 0.5) is 5.82 Å². The fraction of sp³-hybridized carbons (Fsp3) is 0.500. The van der Waals surface area contributed by atoms with E-state index in [4.69, 9.17) is 0 Å². The molecular formula is C10H13Br2N3OS. The summed E-state index contributed by atoms with van der Waals surface area (Å²) in [5.41, 5.74) is 0. The summed E-state index contributed by atoms with van der Waals surface area (Å²) in [4.78, 5) is 19.8. The molecule has 1 N–H and O–H groups in total. The number of thioether (sulfide) groups is 1. The van der Waals surface area contributed by atoms with Crippen LogP contribution in [0.15, 0.2) is 15.4 Å². The number of aromatic nitrogens is 2. The lowest BCUT2D eigenvalue weighted by Gasteiger charge is -2.16. The third kappa shape index (κ3) is 5.83. The molecule has 0 unspecified atom stereocenters. The van der Waals surface area contributed by atoms with Crippen LogP contribution in [-0.4, -0.2) is 26.4 Å². The maximum absolute atomic E-state index is 11.7. The molecule has 1 aromatic rings. The van der Waals surface area contributed by atoms with Gasteiger partial charge < -0.3 is 5.32 Å². The van der Waals surface area contributed by atoms with Crippen LogP contribution in [-0.2, 0) is 4.79 Å². The molecule has 94 valence electrons. The molecule has 0 aliphatic rings. The van der Waals surface area contributed by atoms with Gasteiger partial charge in [-0.15, -0.1) is 11.8 Å². The zero-order chi connectivity index (χ0) is 13.1. The van der Waals surface area contributed by atoms with Gasteiger partial charge >= 0.3 is 0 Å². The Kier molecular flexibility index (Phi) is 5.40. The molecule has 0 saturated heterocycles. The molecule has 0 spiro atoms. The summed E-state index contributed by atoms with van der Waals surface area (Å²) in [5.74, 6) is 0.753. The van der Waals surface area contributed by atoms with E-state index in [2.05, 4.69) is 67.9 Å². The van der Waals surface area contributed by atoms with Gasteiger partial charge in [-0.3, -0.25) is 4.79 Å².